The molecule has 0 saturated heterocycles. The molecule has 0 unspecified atom stereocenters. The van der Waals surface area contributed by atoms with Crippen LogP contribution in [0.15, 0.2) is 18.2 Å². The van der Waals surface area contributed by atoms with Gasteiger partial charge in [-0.25, -0.2) is 0 Å². The van der Waals surface area contributed by atoms with Gasteiger partial charge in [0.15, 0.2) is 0 Å². The number of hydrogen-bond donors (Lipinski definition) is 2. The summed E-state index contributed by atoms with van der Waals surface area (Å²) in [7, 11) is 0. The number of amides is 1. The number of nitrogens with one attached hydrogen (secondary N) is 1. The minimum absolute atomic E-state index is 0.183. The molecule has 0 aliphatic rings. The van der Waals surface area contributed by atoms with E-state index in [0.717, 1.165) is 0 Å². The molecule has 6 heteroatoms. The van der Waals surface area contributed by atoms with E-state index >= 15 is 0 Å². The predicted molar refractivity (Wildman–Crippen MR) is 77.9 cm³/mol. The average molecular weight is 305 g/mol. The monoisotopic (exact) mass is 304 g/mol. The molecule has 0 bridgehead atoms. The smallest absolute Gasteiger partial charge is 0.239 e. The number of benzene rings is 1. The lowest BCUT2D eigenvalue weighted by Gasteiger charge is -2.17. The molecular formula is C13H18Cl2N2O2. The van der Waals surface area contributed by atoms with E-state index in [1.54, 1.807) is 32.0 Å². The van der Waals surface area contributed by atoms with Gasteiger partial charge in [0.25, 0.3) is 0 Å². The summed E-state index contributed by atoms with van der Waals surface area (Å²) in [5, 5.41) is 3.77. The van der Waals surface area contributed by atoms with Crippen molar-refractivity contribution in [2.24, 2.45) is 5.73 Å². The van der Waals surface area contributed by atoms with E-state index in [1.807, 2.05) is 0 Å². The fraction of sp³-hybridized carbons (Fsp3) is 0.462. The highest BCUT2D eigenvalue weighted by atomic mass is 35.5. The topological polar surface area (TPSA) is 64.4 Å². The number of ether oxygens (including phenoxy) is 1. The second-order valence-electron chi connectivity index (χ2n) is 4.75. The van der Waals surface area contributed by atoms with Gasteiger partial charge in [0.05, 0.1) is 17.2 Å². The van der Waals surface area contributed by atoms with E-state index in [2.05, 4.69) is 5.32 Å². The average Bonchev–Trinajstić information content (AvgIpc) is 2.29. The van der Waals surface area contributed by atoms with Gasteiger partial charge in [-0.3, -0.25) is 4.79 Å². The Morgan fingerprint density at radius 2 is 2.11 bits per heavy atom. The summed E-state index contributed by atoms with van der Waals surface area (Å²) >= 11 is 11.7. The van der Waals surface area contributed by atoms with Crippen LogP contribution in [0.2, 0.25) is 10.0 Å². The number of halogens is 2. The van der Waals surface area contributed by atoms with Crippen LogP contribution in [0.25, 0.3) is 0 Å². The van der Waals surface area contributed by atoms with Crippen molar-refractivity contribution in [3.8, 4) is 5.75 Å². The molecule has 0 aromatic heterocycles. The van der Waals surface area contributed by atoms with Crippen molar-refractivity contribution in [3.63, 3.8) is 0 Å². The first-order valence-electron chi connectivity index (χ1n) is 5.96. The molecule has 1 rings (SSSR count). The molecule has 1 aromatic carbocycles. The SMILES string of the molecule is CC(C)(N)C(=O)NCCCOc1ccc(Cl)cc1Cl. The van der Waals surface area contributed by atoms with E-state index in [4.69, 9.17) is 33.7 Å². The van der Waals surface area contributed by atoms with Crippen LogP contribution in [0.4, 0.5) is 0 Å². The van der Waals surface area contributed by atoms with Gasteiger partial charge < -0.3 is 15.8 Å². The van der Waals surface area contributed by atoms with Gasteiger partial charge in [0, 0.05) is 11.6 Å². The van der Waals surface area contributed by atoms with Gasteiger partial charge in [-0.1, -0.05) is 23.2 Å². The molecule has 0 aliphatic heterocycles. The Kier molecular flexibility index (Phi) is 5.91. The fourth-order valence-electron chi connectivity index (χ4n) is 1.28. The van der Waals surface area contributed by atoms with Crippen LogP contribution in [-0.2, 0) is 4.79 Å². The lowest BCUT2D eigenvalue weighted by Crippen LogP contribution is -2.49. The Labute approximate surface area is 123 Å². The van der Waals surface area contributed by atoms with Gasteiger partial charge in [-0.2, -0.15) is 0 Å². The number of rotatable bonds is 6. The summed E-state index contributed by atoms with van der Waals surface area (Å²) < 4.78 is 5.49. The summed E-state index contributed by atoms with van der Waals surface area (Å²) in [5.41, 5.74) is 4.78. The first-order chi connectivity index (χ1) is 8.80. The van der Waals surface area contributed by atoms with Crippen molar-refractivity contribution in [2.75, 3.05) is 13.2 Å². The van der Waals surface area contributed by atoms with Crippen LogP contribution in [0.5, 0.6) is 5.75 Å². The van der Waals surface area contributed by atoms with Crippen LogP contribution in [0.3, 0.4) is 0 Å². The van der Waals surface area contributed by atoms with Gasteiger partial charge in [-0.15, -0.1) is 0 Å². The Morgan fingerprint density at radius 1 is 1.42 bits per heavy atom. The molecule has 1 amide bonds. The third-order valence-electron chi connectivity index (χ3n) is 2.34. The Bertz CT molecular complexity index is 445. The van der Waals surface area contributed by atoms with Crippen molar-refractivity contribution in [1.82, 2.24) is 5.32 Å². The van der Waals surface area contributed by atoms with Crippen LogP contribution >= 0.6 is 23.2 Å². The highest BCUT2D eigenvalue weighted by Crippen LogP contribution is 2.27. The van der Waals surface area contributed by atoms with E-state index < -0.39 is 5.54 Å². The third kappa shape index (κ3) is 5.68. The van der Waals surface area contributed by atoms with Crippen LogP contribution < -0.4 is 15.8 Å². The molecule has 0 aliphatic carbocycles. The van der Waals surface area contributed by atoms with Crippen molar-refractivity contribution in [1.29, 1.82) is 0 Å². The number of nitrogens with two attached hydrogens (primary N) is 1. The maximum atomic E-state index is 11.5. The van der Waals surface area contributed by atoms with E-state index in [-0.39, 0.29) is 5.91 Å². The Hall–Kier alpha value is -0.970. The zero-order chi connectivity index (χ0) is 14.5. The Balaban J connectivity index is 2.26. The normalized spacial score (nSPS) is 11.2. The molecule has 0 atom stereocenters. The molecule has 0 fully saturated rings. The van der Waals surface area contributed by atoms with Crippen molar-refractivity contribution >= 4 is 29.1 Å². The number of carbonyl (C=O) groups is 1. The largest absolute Gasteiger partial charge is 0.492 e. The standard InChI is InChI=1S/C13H18Cl2N2O2/c1-13(2,16)12(18)17-6-3-7-19-11-5-4-9(14)8-10(11)15/h4-5,8H,3,6-7,16H2,1-2H3,(H,17,18). The van der Waals surface area contributed by atoms with Crippen molar-refractivity contribution < 1.29 is 9.53 Å². The highest BCUT2D eigenvalue weighted by molar-refractivity contribution is 6.35. The summed E-state index contributed by atoms with van der Waals surface area (Å²) in [5.74, 6) is 0.397. The summed E-state index contributed by atoms with van der Waals surface area (Å²) in [6.07, 6.45) is 0.667. The molecule has 4 nitrogen and oxygen atoms in total. The molecule has 0 radical (unpaired) electrons. The molecule has 106 valence electrons. The first kappa shape index (κ1) is 16.1. The quantitative estimate of drug-likeness (QED) is 0.794. The fourth-order valence-corrected chi connectivity index (χ4v) is 1.74. The zero-order valence-electron chi connectivity index (χ0n) is 11.0. The third-order valence-corrected chi connectivity index (χ3v) is 2.87. The van der Waals surface area contributed by atoms with Crippen LogP contribution in [0, 0.1) is 0 Å². The molecule has 0 spiro atoms. The van der Waals surface area contributed by atoms with Crippen molar-refractivity contribution in [3.05, 3.63) is 28.2 Å². The lowest BCUT2D eigenvalue weighted by molar-refractivity contribution is -0.125. The Morgan fingerprint density at radius 3 is 2.68 bits per heavy atom. The van der Waals surface area contributed by atoms with Gasteiger partial charge in [0.2, 0.25) is 5.91 Å². The van der Waals surface area contributed by atoms with Gasteiger partial charge >= 0.3 is 0 Å². The van der Waals surface area contributed by atoms with E-state index in [1.165, 1.54) is 0 Å². The molecule has 0 heterocycles. The number of carbonyl (C=O) groups excluding carboxylic acids is 1. The van der Waals surface area contributed by atoms with Crippen molar-refractivity contribution in [2.45, 2.75) is 25.8 Å². The second-order valence-corrected chi connectivity index (χ2v) is 5.60. The van der Waals surface area contributed by atoms with Gasteiger partial charge in [0.1, 0.15) is 5.75 Å². The first-order valence-corrected chi connectivity index (χ1v) is 6.71. The minimum atomic E-state index is -0.861. The van der Waals surface area contributed by atoms with Gasteiger partial charge in [-0.05, 0) is 38.5 Å². The maximum absolute atomic E-state index is 11.5. The highest BCUT2D eigenvalue weighted by Gasteiger charge is 2.20. The number of hydrogen-bond acceptors (Lipinski definition) is 3. The lowest BCUT2D eigenvalue weighted by atomic mass is 10.1. The van der Waals surface area contributed by atoms with E-state index in [9.17, 15) is 4.79 Å². The second kappa shape index (κ2) is 6.98. The van der Waals surface area contributed by atoms with E-state index in [0.29, 0.717) is 35.4 Å². The molecule has 1 aromatic rings. The predicted octanol–water partition coefficient (Wildman–Crippen LogP) is 2.62. The summed E-state index contributed by atoms with van der Waals surface area (Å²) in [6, 6.07) is 5.05. The molecule has 19 heavy (non-hydrogen) atoms. The van der Waals surface area contributed by atoms with Crippen LogP contribution in [-0.4, -0.2) is 24.6 Å². The summed E-state index contributed by atoms with van der Waals surface area (Å²) in [4.78, 5) is 11.5. The van der Waals surface area contributed by atoms with Crippen LogP contribution in [0.1, 0.15) is 20.3 Å². The maximum Gasteiger partial charge on any atom is 0.239 e. The molecule has 3 N–H and O–H groups in total. The zero-order valence-corrected chi connectivity index (χ0v) is 12.5. The summed E-state index contributed by atoms with van der Waals surface area (Å²) in [6.45, 7) is 4.27. The molecular weight excluding hydrogens is 287 g/mol. The minimum Gasteiger partial charge on any atom is -0.492 e. The molecule has 0 saturated carbocycles.